The molecule has 2 aromatic carbocycles. The van der Waals surface area contributed by atoms with Crippen molar-refractivity contribution in [1.29, 1.82) is 0 Å². The van der Waals surface area contributed by atoms with E-state index in [1.54, 1.807) is 18.9 Å². The number of aromatic hydroxyl groups is 2. The van der Waals surface area contributed by atoms with Gasteiger partial charge in [0.15, 0.2) is 0 Å². The van der Waals surface area contributed by atoms with Crippen molar-refractivity contribution in [1.82, 2.24) is 4.90 Å². The number of anilines is 1. The molecule has 0 spiro atoms. The van der Waals surface area contributed by atoms with Crippen LogP contribution in [0.15, 0.2) is 24.3 Å². The van der Waals surface area contributed by atoms with Gasteiger partial charge in [-0.3, -0.25) is 4.79 Å². The van der Waals surface area contributed by atoms with Crippen LogP contribution in [-0.4, -0.2) is 28.1 Å². The SMILES string of the molecule is CNc1c(Cl)ccc2c1CN(C(=O)c1cc(C)c(O)cc1O)C2. The maximum Gasteiger partial charge on any atom is 0.258 e. The Balaban J connectivity index is 1.93. The van der Waals surface area contributed by atoms with E-state index in [0.29, 0.717) is 23.7 Å². The Bertz CT molecular complexity index is 805. The maximum atomic E-state index is 12.7. The van der Waals surface area contributed by atoms with Gasteiger partial charge >= 0.3 is 0 Å². The topological polar surface area (TPSA) is 72.8 Å². The van der Waals surface area contributed by atoms with Gasteiger partial charge in [-0.2, -0.15) is 0 Å². The summed E-state index contributed by atoms with van der Waals surface area (Å²) in [6, 6.07) is 6.42. The molecular weight excluding hydrogens is 316 g/mol. The highest BCUT2D eigenvalue weighted by molar-refractivity contribution is 6.33. The van der Waals surface area contributed by atoms with Crippen molar-refractivity contribution in [3.05, 3.63) is 51.5 Å². The maximum absolute atomic E-state index is 12.7. The molecule has 0 unspecified atom stereocenters. The number of hydrogen-bond donors (Lipinski definition) is 3. The summed E-state index contributed by atoms with van der Waals surface area (Å²) < 4.78 is 0. The third kappa shape index (κ3) is 2.57. The molecule has 0 atom stereocenters. The standard InChI is InChI=1S/C17H17ClN2O3/c1-9-5-11(15(22)6-14(9)21)17(23)20-7-10-3-4-13(18)16(19-2)12(10)8-20/h3-6,19,21-22H,7-8H2,1-2H3. The van der Waals surface area contributed by atoms with Gasteiger partial charge in [0.1, 0.15) is 11.5 Å². The van der Waals surface area contributed by atoms with Crippen LogP contribution >= 0.6 is 11.6 Å². The van der Waals surface area contributed by atoms with Crippen LogP contribution in [0.5, 0.6) is 11.5 Å². The summed E-state index contributed by atoms with van der Waals surface area (Å²) in [4.78, 5) is 14.4. The van der Waals surface area contributed by atoms with Crippen molar-refractivity contribution >= 4 is 23.2 Å². The van der Waals surface area contributed by atoms with Gasteiger partial charge in [-0.05, 0) is 30.2 Å². The Morgan fingerprint density at radius 2 is 1.96 bits per heavy atom. The van der Waals surface area contributed by atoms with E-state index in [0.717, 1.165) is 16.8 Å². The van der Waals surface area contributed by atoms with E-state index in [-0.39, 0.29) is 23.0 Å². The van der Waals surface area contributed by atoms with Gasteiger partial charge in [0.2, 0.25) is 0 Å². The molecule has 3 N–H and O–H groups in total. The van der Waals surface area contributed by atoms with Gasteiger partial charge in [0.25, 0.3) is 5.91 Å². The average Bonchev–Trinajstić information content (AvgIpc) is 2.94. The Morgan fingerprint density at radius 1 is 1.22 bits per heavy atom. The van der Waals surface area contributed by atoms with E-state index in [1.807, 2.05) is 12.1 Å². The van der Waals surface area contributed by atoms with Crippen LogP contribution in [0.1, 0.15) is 27.0 Å². The summed E-state index contributed by atoms with van der Waals surface area (Å²) in [6.07, 6.45) is 0. The number of benzene rings is 2. The molecule has 0 radical (unpaired) electrons. The third-order valence-corrected chi connectivity index (χ3v) is 4.47. The van der Waals surface area contributed by atoms with Crippen LogP contribution < -0.4 is 5.32 Å². The normalized spacial score (nSPS) is 13.1. The highest BCUT2D eigenvalue weighted by Gasteiger charge is 2.28. The summed E-state index contributed by atoms with van der Waals surface area (Å²) in [6.45, 7) is 2.56. The summed E-state index contributed by atoms with van der Waals surface area (Å²) in [5.74, 6) is -0.533. The monoisotopic (exact) mass is 332 g/mol. The molecule has 0 bridgehead atoms. The van der Waals surface area contributed by atoms with Crippen LogP contribution in [0.2, 0.25) is 5.02 Å². The van der Waals surface area contributed by atoms with Crippen molar-refractivity contribution < 1.29 is 15.0 Å². The predicted octanol–water partition coefficient (Wildman–Crippen LogP) is 3.26. The van der Waals surface area contributed by atoms with Gasteiger partial charge in [-0.15, -0.1) is 0 Å². The molecule has 0 saturated carbocycles. The number of phenols is 2. The smallest absolute Gasteiger partial charge is 0.258 e. The molecule has 6 heteroatoms. The fourth-order valence-electron chi connectivity index (χ4n) is 2.88. The molecule has 0 fully saturated rings. The predicted molar refractivity (Wildman–Crippen MR) is 89.1 cm³/mol. The number of carbonyl (C=O) groups excluding carboxylic acids is 1. The largest absolute Gasteiger partial charge is 0.508 e. The lowest BCUT2D eigenvalue weighted by molar-refractivity contribution is 0.0748. The lowest BCUT2D eigenvalue weighted by Crippen LogP contribution is -2.25. The molecule has 2 aromatic rings. The molecule has 1 heterocycles. The molecule has 0 aromatic heterocycles. The minimum absolute atomic E-state index is 0.0343. The zero-order valence-electron chi connectivity index (χ0n) is 12.9. The Morgan fingerprint density at radius 3 is 2.65 bits per heavy atom. The third-order valence-electron chi connectivity index (χ3n) is 4.15. The van der Waals surface area contributed by atoms with Crippen LogP contribution in [0, 0.1) is 6.92 Å². The Hall–Kier alpha value is -2.40. The number of carbonyl (C=O) groups is 1. The highest BCUT2D eigenvalue weighted by atomic mass is 35.5. The molecule has 120 valence electrons. The molecule has 0 aliphatic carbocycles. The zero-order chi connectivity index (χ0) is 16.7. The molecule has 1 amide bonds. The van der Waals surface area contributed by atoms with E-state index in [2.05, 4.69) is 5.32 Å². The first-order valence-electron chi connectivity index (χ1n) is 7.22. The van der Waals surface area contributed by atoms with E-state index in [1.165, 1.54) is 12.1 Å². The molecule has 0 saturated heterocycles. The number of amides is 1. The van der Waals surface area contributed by atoms with Crippen molar-refractivity contribution in [3.8, 4) is 11.5 Å². The quantitative estimate of drug-likeness (QED) is 0.789. The summed E-state index contributed by atoms with van der Waals surface area (Å²) >= 11 is 6.18. The number of fused-ring (bicyclic) bond motifs is 1. The van der Waals surface area contributed by atoms with Gasteiger partial charge in [-0.1, -0.05) is 17.7 Å². The molecule has 1 aliphatic rings. The van der Waals surface area contributed by atoms with Crippen molar-refractivity contribution in [2.45, 2.75) is 20.0 Å². The molecule has 3 rings (SSSR count). The summed E-state index contributed by atoms with van der Waals surface area (Å²) in [5, 5.41) is 23.3. The summed E-state index contributed by atoms with van der Waals surface area (Å²) in [7, 11) is 1.79. The Kier molecular flexibility index (Phi) is 3.82. The number of phenolic OH excluding ortho intramolecular Hbond substituents is 2. The van der Waals surface area contributed by atoms with E-state index in [4.69, 9.17) is 11.6 Å². The van der Waals surface area contributed by atoms with Gasteiger partial charge in [-0.25, -0.2) is 0 Å². The number of nitrogens with zero attached hydrogens (tertiary/aromatic N) is 1. The van der Waals surface area contributed by atoms with E-state index < -0.39 is 0 Å². The van der Waals surface area contributed by atoms with Crippen molar-refractivity contribution in [2.24, 2.45) is 0 Å². The first-order chi connectivity index (χ1) is 10.9. The van der Waals surface area contributed by atoms with Crippen molar-refractivity contribution in [2.75, 3.05) is 12.4 Å². The van der Waals surface area contributed by atoms with Crippen LogP contribution in [-0.2, 0) is 13.1 Å². The lowest BCUT2D eigenvalue weighted by atomic mass is 10.1. The first-order valence-corrected chi connectivity index (χ1v) is 7.60. The second kappa shape index (κ2) is 5.66. The average molecular weight is 333 g/mol. The van der Waals surface area contributed by atoms with Crippen LogP contribution in [0.4, 0.5) is 5.69 Å². The second-order valence-corrected chi connectivity index (χ2v) is 6.03. The van der Waals surface area contributed by atoms with Gasteiger partial charge in [0.05, 0.1) is 16.3 Å². The first kappa shape index (κ1) is 15.5. The van der Waals surface area contributed by atoms with Crippen LogP contribution in [0.25, 0.3) is 0 Å². The van der Waals surface area contributed by atoms with Crippen molar-refractivity contribution in [3.63, 3.8) is 0 Å². The fraction of sp³-hybridized carbons (Fsp3) is 0.235. The van der Waals surface area contributed by atoms with E-state index >= 15 is 0 Å². The Labute approximate surface area is 139 Å². The minimum atomic E-state index is -0.278. The lowest BCUT2D eigenvalue weighted by Gasteiger charge is -2.17. The molecular formula is C17H17ClN2O3. The molecule has 23 heavy (non-hydrogen) atoms. The van der Waals surface area contributed by atoms with E-state index in [9.17, 15) is 15.0 Å². The number of aryl methyl sites for hydroxylation is 1. The van der Waals surface area contributed by atoms with Gasteiger partial charge in [0, 0.05) is 31.8 Å². The van der Waals surface area contributed by atoms with Gasteiger partial charge < -0.3 is 20.4 Å². The number of halogens is 1. The second-order valence-electron chi connectivity index (χ2n) is 5.63. The molecule has 5 nitrogen and oxygen atoms in total. The summed E-state index contributed by atoms with van der Waals surface area (Å²) in [5.41, 5.74) is 3.57. The number of rotatable bonds is 2. The number of nitrogens with one attached hydrogen (secondary N) is 1. The number of hydrogen-bond acceptors (Lipinski definition) is 4. The minimum Gasteiger partial charge on any atom is -0.508 e. The fourth-order valence-corrected chi connectivity index (χ4v) is 3.16. The molecule has 1 aliphatic heterocycles. The van der Waals surface area contributed by atoms with Crippen LogP contribution in [0.3, 0.4) is 0 Å². The zero-order valence-corrected chi connectivity index (χ0v) is 13.6. The highest BCUT2D eigenvalue weighted by Crippen LogP contribution is 2.36.